The normalized spacial score (nSPS) is 9.37. The molecule has 0 aliphatic carbocycles. The number of carbonyl (C=O) groups excluding carboxylic acids is 2. The summed E-state index contributed by atoms with van der Waals surface area (Å²) in [5.74, 6) is 0.661. The van der Waals surface area contributed by atoms with Gasteiger partial charge >= 0.3 is 0 Å². The largest absolute Gasteiger partial charge is 0.507 e. The Kier molecular flexibility index (Phi) is 14.6. The van der Waals surface area contributed by atoms with Crippen LogP contribution in [-0.2, 0) is 11.9 Å². The van der Waals surface area contributed by atoms with Gasteiger partial charge in [0.25, 0.3) is 0 Å². The monoisotopic (exact) mass is 539 g/mol. The Bertz CT molecular complexity index is 1130. The molecule has 0 unspecified atom stereocenters. The van der Waals surface area contributed by atoms with Gasteiger partial charge in [-0.2, -0.15) is 0 Å². The van der Waals surface area contributed by atoms with Crippen LogP contribution in [0.25, 0.3) is 0 Å². The first kappa shape index (κ1) is 27.5. The SMILES string of the molecule is BrCc1ccccc1.O=Cc1ccccc1O.O=Cc1ccccc1OCc1ccccc1.[2H]CF. The van der Waals surface area contributed by atoms with Crippen molar-refractivity contribution in [1.29, 1.82) is 0 Å². The van der Waals surface area contributed by atoms with E-state index in [4.69, 9.17) is 11.2 Å². The average molecular weight is 540 g/mol. The van der Waals surface area contributed by atoms with Gasteiger partial charge in [-0.1, -0.05) is 101 Å². The van der Waals surface area contributed by atoms with E-state index in [-0.39, 0.29) is 5.75 Å². The zero-order valence-corrected chi connectivity index (χ0v) is 20.7. The van der Waals surface area contributed by atoms with Crippen molar-refractivity contribution in [2.24, 2.45) is 0 Å². The Morgan fingerprint density at radius 1 is 0.771 bits per heavy atom. The molecule has 0 atom stereocenters. The predicted molar refractivity (Wildman–Crippen MR) is 142 cm³/mol. The number of carbonyl (C=O) groups is 2. The van der Waals surface area contributed by atoms with E-state index in [0.29, 0.717) is 29.8 Å². The quantitative estimate of drug-likeness (QED) is 0.204. The molecule has 1 N–H and O–H groups in total. The van der Waals surface area contributed by atoms with E-state index in [2.05, 4.69) is 28.1 Å². The third-order valence-corrected chi connectivity index (χ3v) is 4.99. The second-order valence-electron chi connectivity index (χ2n) is 6.73. The summed E-state index contributed by atoms with van der Waals surface area (Å²) in [6.07, 6.45) is 1.43. The number of benzene rings is 4. The highest BCUT2D eigenvalue weighted by Gasteiger charge is 2.01. The summed E-state index contributed by atoms with van der Waals surface area (Å²) < 4.78 is 21.1. The van der Waals surface area contributed by atoms with Gasteiger partial charge in [-0.05, 0) is 35.4 Å². The lowest BCUT2D eigenvalue weighted by Crippen LogP contribution is -1.97. The van der Waals surface area contributed by atoms with E-state index in [0.717, 1.165) is 17.2 Å². The van der Waals surface area contributed by atoms with E-state index < -0.39 is 7.15 Å². The van der Waals surface area contributed by atoms with E-state index >= 15 is 0 Å². The van der Waals surface area contributed by atoms with Crippen molar-refractivity contribution in [2.75, 3.05) is 7.15 Å². The molecule has 35 heavy (non-hydrogen) atoms. The molecule has 0 saturated carbocycles. The summed E-state index contributed by atoms with van der Waals surface area (Å²) in [5, 5.41) is 9.83. The molecule has 0 heterocycles. The first-order chi connectivity index (χ1) is 17.6. The van der Waals surface area contributed by atoms with Crippen LogP contribution in [0, 0.1) is 0 Å². The summed E-state index contributed by atoms with van der Waals surface area (Å²) in [6, 6.07) is 33.8. The van der Waals surface area contributed by atoms with Crippen LogP contribution < -0.4 is 4.74 Å². The molecule has 0 fully saturated rings. The molecule has 4 nitrogen and oxygen atoms in total. The lowest BCUT2D eigenvalue weighted by molar-refractivity contribution is 0.111. The number of halogens is 2. The Balaban J connectivity index is 0.000000275. The van der Waals surface area contributed by atoms with Crippen molar-refractivity contribution in [1.82, 2.24) is 0 Å². The highest BCUT2D eigenvalue weighted by atomic mass is 79.9. The summed E-state index contributed by atoms with van der Waals surface area (Å²) in [4.78, 5) is 20.8. The smallest absolute Gasteiger partial charge is 0.153 e. The Morgan fingerprint density at radius 3 is 1.69 bits per heavy atom. The second kappa shape index (κ2) is 18.6. The zero-order valence-electron chi connectivity index (χ0n) is 20.1. The number of phenolic OH excluding ortho intramolecular Hbond substituents is 1. The van der Waals surface area contributed by atoms with E-state index in [9.17, 15) is 14.0 Å². The number of hydrogen-bond acceptors (Lipinski definition) is 4. The van der Waals surface area contributed by atoms with Crippen molar-refractivity contribution in [3.8, 4) is 11.5 Å². The summed E-state index contributed by atoms with van der Waals surface area (Å²) in [6.45, 7) is 0.478. The average Bonchev–Trinajstić information content (AvgIpc) is 2.94. The van der Waals surface area contributed by atoms with E-state index in [1.165, 1.54) is 11.6 Å². The van der Waals surface area contributed by atoms with Gasteiger partial charge in [-0.3, -0.25) is 14.0 Å². The second-order valence-corrected chi connectivity index (χ2v) is 7.29. The number of rotatable bonds is 6. The molecule has 4 rings (SSSR count). The van der Waals surface area contributed by atoms with E-state index in [1.54, 1.807) is 30.3 Å². The van der Waals surface area contributed by atoms with Crippen LogP contribution in [0.3, 0.4) is 0 Å². The standard InChI is InChI=1S/C14H12O2.C7H7Br.C7H6O2.CH3F/c15-10-13-8-4-5-9-14(13)16-11-12-6-2-1-3-7-12;8-6-7-4-2-1-3-5-7;8-5-6-3-1-2-4-7(6)9;1-2/h1-10H,11H2;1-5H,6H2;1-5,9H;1H3/i;;;1D. The van der Waals surface area contributed by atoms with Gasteiger partial charge in [0.05, 0.1) is 19.7 Å². The molecule has 4 aromatic carbocycles. The maximum atomic E-state index is 10.8. The molecule has 182 valence electrons. The van der Waals surface area contributed by atoms with Crippen LogP contribution in [0.1, 0.15) is 33.2 Å². The van der Waals surface area contributed by atoms with Crippen LogP contribution in [0.2, 0.25) is 0 Å². The maximum Gasteiger partial charge on any atom is 0.153 e. The number of alkyl halides is 2. The fourth-order valence-electron chi connectivity index (χ4n) is 2.60. The lowest BCUT2D eigenvalue weighted by atomic mass is 10.2. The lowest BCUT2D eigenvalue weighted by Gasteiger charge is -2.07. The van der Waals surface area contributed by atoms with Crippen LogP contribution in [0.15, 0.2) is 109 Å². The topological polar surface area (TPSA) is 63.6 Å². The molecular weight excluding hydrogens is 511 g/mol. The third kappa shape index (κ3) is 11.8. The highest BCUT2D eigenvalue weighted by molar-refractivity contribution is 9.08. The molecule has 6 heteroatoms. The van der Waals surface area contributed by atoms with E-state index in [1.807, 2.05) is 60.7 Å². The van der Waals surface area contributed by atoms with Gasteiger partial charge in [0.2, 0.25) is 0 Å². The number of para-hydroxylation sites is 2. The van der Waals surface area contributed by atoms with Crippen molar-refractivity contribution in [2.45, 2.75) is 11.9 Å². The van der Waals surface area contributed by atoms with Crippen molar-refractivity contribution in [3.05, 3.63) is 131 Å². The fraction of sp³-hybridized carbons (Fsp3) is 0.103. The van der Waals surface area contributed by atoms with Crippen molar-refractivity contribution < 1.29 is 25.2 Å². The summed E-state index contributed by atoms with van der Waals surface area (Å²) in [7, 11) is -1.00. The summed E-state index contributed by atoms with van der Waals surface area (Å²) >= 11 is 3.36. The highest BCUT2D eigenvalue weighted by Crippen LogP contribution is 2.17. The number of aldehydes is 2. The predicted octanol–water partition coefficient (Wildman–Crippen LogP) is 7.45. The molecule has 0 amide bonds. The van der Waals surface area contributed by atoms with Gasteiger partial charge in [-0.15, -0.1) is 0 Å². The zero-order chi connectivity index (χ0) is 26.4. The van der Waals surface area contributed by atoms with Crippen LogP contribution in [0.4, 0.5) is 4.39 Å². The molecule has 0 bridgehead atoms. The summed E-state index contributed by atoms with van der Waals surface area (Å²) in [5.41, 5.74) is 3.33. The maximum absolute atomic E-state index is 10.8. The molecule has 0 aliphatic heterocycles. The van der Waals surface area contributed by atoms with Crippen LogP contribution in [-0.4, -0.2) is 24.8 Å². The third-order valence-electron chi connectivity index (χ3n) is 4.34. The Labute approximate surface area is 215 Å². The number of phenols is 1. The fourth-order valence-corrected chi connectivity index (χ4v) is 2.97. The minimum atomic E-state index is -1.00. The molecule has 0 spiro atoms. The Morgan fingerprint density at radius 2 is 1.23 bits per heavy atom. The number of ether oxygens (including phenoxy) is 1. The van der Waals surface area contributed by atoms with Crippen LogP contribution >= 0.6 is 15.9 Å². The van der Waals surface area contributed by atoms with Crippen LogP contribution in [0.5, 0.6) is 11.5 Å². The van der Waals surface area contributed by atoms with Crippen molar-refractivity contribution >= 4 is 28.5 Å². The van der Waals surface area contributed by atoms with Gasteiger partial charge in [0.1, 0.15) is 18.1 Å². The van der Waals surface area contributed by atoms with Gasteiger partial charge in [-0.25, -0.2) is 0 Å². The van der Waals surface area contributed by atoms with Gasteiger partial charge in [0, 0.05) is 5.33 Å². The van der Waals surface area contributed by atoms with Gasteiger partial charge in [0.15, 0.2) is 12.6 Å². The molecule has 0 saturated heterocycles. The number of aromatic hydroxyl groups is 1. The minimum Gasteiger partial charge on any atom is -0.507 e. The number of hydrogen-bond donors (Lipinski definition) is 1. The molecular formula is C29H28BrFO4. The van der Waals surface area contributed by atoms with Gasteiger partial charge < -0.3 is 9.84 Å². The molecule has 0 radical (unpaired) electrons. The first-order valence-electron chi connectivity index (χ1n) is 11.2. The first-order valence-corrected chi connectivity index (χ1v) is 11.6. The molecule has 0 aromatic heterocycles. The molecule has 0 aliphatic rings. The minimum absolute atomic E-state index is 0.0347. The van der Waals surface area contributed by atoms with Crippen molar-refractivity contribution in [3.63, 3.8) is 0 Å². The Hall–Kier alpha value is -3.77. The molecule has 4 aromatic rings.